The second-order valence-corrected chi connectivity index (χ2v) is 4.08. The highest BCUT2D eigenvalue weighted by molar-refractivity contribution is 5.29. The van der Waals surface area contributed by atoms with Gasteiger partial charge < -0.3 is 10.5 Å². The van der Waals surface area contributed by atoms with Crippen LogP contribution in [0.3, 0.4) is 0 Å². The summed E-state index contributed by atoms with van der Waals surface area (Å²) in [6, 6.07) is 3.81. The molecule has 0 aromatic carbocycles. The van der Waals surface area contributed by atoms with Gasteiger partial charge in [-0.2, -0.15) is 5.10 Å². The third-order valence-corrected chi connectivity index (χ3v) is 2.92. The first-order valence-electron chi connectivity index (χ1n) is 6.00. The first-order chi connectivity index (χ1) is 8.76. The number of hydrogen-bond donors (Lipinski definition) is 1. The largest absolute Gasteiger partial charge is 0.493 e. The Balaban J connectivity index is 2.22. The number of pyridine rings is 1. The number of aryl methyl sites for hydroxylation is 1. The Kier molecular flexibility index (Phi) is 3.94. The van der Waals surface area contributed by atoms with Crippen molar-refractivity contribution in [3.8, 4) is 5.75 Å². The Bertz CT molecular complexity index is 473. The van der Waals surface area contributed by atoms with E-state index in [1.54, 1.807) is 25.7 Å². The van der Waals surface area contributed by atoms with Crippen LogP contribution in [-0.2, 0) is 13.0 Å². The van der Waals surface area contributed by atoms with Crippen LogP contribution in [0, 0.1) is 0 Å². The fraction of sp³-hybridized carbons (Fsp3) is 0.385. The van der Waals surface area contributed by atoms with Crippen molar-refractivity contribution in [3.63, 3.8) is 0 Å². The average molecular weight is 246 g/mol. The lowest BCUT2D eigenvalue weighted by molar-refractivity contribution is 0.401. The highest BCUT2D eigenvalue weighted by atomic mass is 16.5. The van der Waals surface area contributed by atoms with Crippen LogP contribution in [-0.4, -0.2) is 21.9 Å². The van der Waals surface area contributed by atoms with Crippen LogP contribution in [0.25, 0.3) is 0 Å². The van der Waals surface area contributed by atoms with Crippen LogP contribution in [0.5, 0.6) is 5.75 Å². The van der Waals surface area contributed by atoms with Gasteiger partial charge in [-0.05, 0) is 31.0 Å². The summed E-state index contributed by atoms with van der Waals surface area (Å²) in [6.07, 6.45) is 6.00. The molecule has 0 aliphatic carbocycles. The van der Waals surface area contributed by atoms with E-state index in [4.69, 9.17) is 10.5 Å². The Morgan fingerprint density at radius 1 is 1.39 bits per heavy atom. The van der Waals surface area contributed by atoms with Crippen molar-refractivity contribution in [2.75, 3.05) is 7.11 Å². The first kappa shape index (κ1) is 12.6. The quantitative estimate of drug-likeness (QED) is 0.869. The summed E-state index contributed by atoms with van der Waals surface area (Å²) in [7, 11) is 1.64. The van der Waals surface area contributed by atoms with Gasteiger partial charge in [0.15, 0.2) is 5.75 Å². The van der Waals surface area contributed by atoms with Crippen LogP contribution < -0.4 is 10.5 Å². The number of rotatable bonds is 5. The Hall–Kier alpha value is -1.88. The maximum absolute atomic E-state index is 6.26. The predicted octanol–water partition coefficient (Wildman–Crippen LogP) is 1.55. The summed E-state index contributed by atoms with van der Waals surface area (Å²) in [6.45, 7) is 2.82. The second kappa shape index (κ2) is 5.64. The fourth-order valence-electron chi connectivity index (χ4n) is 2.03. The molecule has 1 unspecified atom stereocenters. The standard InChI is InChI=1S/C13H18N4O/c1-3-17-13(12(18-2)9-16-17)11(14)8-10-4-6-15-7-5-10/h4-7,9,11H,3,8,14H2,1-2H3. The minimum absolute atomic E-state index is 0.134. The van der Waals surface area contributed by atoms with Gasteiger partial charge in [-0.25, -0.2) is 0 Å². The minimum atomic E-state index is -0.134. The van der Waals surface area contributed by atoms with Crippen molar-refractivity contribution in [3.05, 3.63) is 42.0 Å². The van der Waals surface area contributed by atoms with E-state index in [9.17, 15) is 0 Å². The third-order valence-electron chi connectivity index (χ3n) is 2.92. The van der Waals surface area contributed by atoms with Crippen LogP contribution in [0.4, 0.5) is 0 Å². The molecule has 0 spiro atoms. The Labute approximate surface area is 107 Å². The van der Waals surface area contributed by atoms with Gasteiger partial charge in [0, 0.05) is 18.9 Å². The molecule has 0 saturated heterocycles. The van der Waals surface area contributed by atoms with Crippen molar-refractivity contribution in [2.45, 2.75) is 25.9 Å². The highest BCUT2D eigenvalue weighted by Crippen LogP contribution is 2.25. The van der Waals surface area contributed by atoms with E-state index in [1.807, 2.05) is 23.7 Å². The average Bonchev–Trinajstić information content (AvgIpc) is 2.82. The number of hydrogen-bond acceptors (Lipinski definition) is 4. The first-order valence-corrected chi connectivity index (χ1v) is 6.00. The van der Waals surface area contributed by atoms with Crippen LogP contribution in [0.1, 0.15) is 24.2 Å². The van der Waals surface area contributed by atoms with Crippen molar-refractivity contribution in [1.82, 2.24) is 14.8 Å². The van der Waals surface area contributed by atoms with Gasteiger partial charge in [0.1, 0.15) is 0 Å². The summed E-state index contributed by atoms with van der Waals surface area (Å²) >= 11 is 0. The summed E-state index contributed by atoms with van der Waals surface area (Å²) in [5.74, 6) is 0.749. The van der Waals surface area contributed by atoms with E-state index in [1.165, 1.54) is 0 Å². The van der Waals surface area contributed by atoms with Crippen molar-refractivity contribution >= 4 is 0 Å². The lowest BCUT2D eigenvalue weighted by Gasteiger charge is -2.15. The number of nitrogens with zero attached hydrogens (tertiary/aromatic N) is 3. The van der Waals surface area contributed by atoms with Gasteiger partial charge in [0.25, 0.3) is 0 Å². The molecule has 1 atom stereocenters. The monoisotopic (exact) mass is 246 g/mol. The van der Waals surface area contributed by atoms with Crippen LogP contribution in [0.15, 0.2) is 30.7 Å². The van der Waals surface area contributed by atoms with Crippen molar-refractivity contribution in [1.29, 1.82) is 0 Å². The van der Waals surface area contributed by atoms with Gasteiger partial charge in [-0.3, -0.25) is 9.67 Å². The summed E-state index contributed by atoms with van der Waals surface area (Å²) < 4.78 is 7.19. The molecule has 0 aliphatic heterocycles. The van der Waals surface area contributed by atoms with E-state index in [0.717, 1.165) is 30.0 Å². The number of ether oxygens (including phenoxy) is 1. The second-order valence-electron chi connectivity index (χ2n) is 4.08. The lowest BCUT2D eigenvalue weighted by Crippen LogP contribution is -2.19. The number of methoxy groups -OCH3 is 1. The lowest BCUT2D eigenvalue weighted by atomic mass is 10.0. The summed E-state index contributed by atoms with van der Waals surface area (Å²) in [4.78, 5) is 4.00. The zero-order valence-corrected chi connectivity index (χ0v) is 10.7. The molecular weight excluding hydrogens is 228 g/mol. The molecular formula is C13H18N4O. The van der Waals surface area contributed by atoms with Gasteiger partial charge >= 0.3 is 0 Å². The van der Waals surface area contributed by atoms with E-state index in [2.05, 4.69) is 10.1 Å². The molecule has 18 heavy (non-hydrogen) atoms. The maximum Gasteiger partial charge on any atom is 0.161 e. The summed E-state index contributed by atoms with van der Waals surface area (Å²) in [5, 5.41) is 4.27. The van der Waals surface area contributed by atoms with E-state index in [-0.39, 0.29) is 6.04 Å². The molecule has 5 nitrogen and oxygen atoms in total. The molecule has 2 aromatic rings. The van der Waals surface area contributed by atoms with Crippen LogP contribution >= 0.6 is 0 Å². The zero-order valence-electron chi connectivity index (χ0n) is 10.7. The van der Waals surface area contributed by atoms with E-state index in [0.29, 0.717) is 0 Å². The van der Waals surface area contributed by atoms with E-state index < -0.39 is 0 Å². The van der Waals surface area contributed by atoms with Gasteiger partial charge in [-0.1, -0.05) is 0 Å². The molecule has 0 saturated carbocycles. The van der Waals surface area contributed by atoms with Gasteiger partial charge in [0.2, 0.25) is 0 Å². The molecule has 2 rings (SSSR count). The molecule has 0 amide bonds. The summed E-state index contributed by atoms with van der Waals surface area (Å²) in [5.41, 5.74) is 8.36. The van der Waals surface area contributed by atoms with Gasteiger partial charge in [-0.15, -0.1) is 0 Å². The molecule has 0 radical (unpaired) electrons. The SMILES string of the molecule is CCn1ncc(OC)c1C(N)Cc1ccncc1. The molecule has 2 aromatic heterocycles. The number of aromatic nitrogens is 3. The third kappa shape index (κ3) is 2.51. The minimum Gasteiger partial charge on any atom is -0.493 e. The molecule has 0 bridgehead atoms. The van der Waals surface area contributed by atoms with Gasteiger partial charge in [0.05, 0.1) is 25.0 Å². The molecule has 0 fully saturated rings. The molecule has 2 heterocycles. The highest BCUT2D eigenvalue weighted by Gasteiger charge is 2.18. The van der Waals surface area contributed by atoms with Crippen molar-refractivity contribution in [2.24, 2.45) is 5.73 Å². The topological polar surface area (TPSA) is 66.0 Å². The molecule has 96 valence electrons. The zero-order chi connectivity index (χ0) is 13.0. The number of nitrogens with two attached hydrogens (primary N) is 1. The van der Waals surface area contributed by atoms with Crippen LogP contribution in [0.2, 0.25) is 0 Å². The Morgan fingerprint density at radius 3 is 2.72 bits per heavy atom. The fourth-order valence-corrected chi connectivity index (χ4v) is 2.03. The smallest absolute Gasteiger partial charge is 0.161 e. The predicted molar refractivity (Wildman–Crippen MR) is 69.3 cm³/mol. The molecule has 0 aliphatic rings. The van der Waals surface area contributed by atoms with Crippen molar-refractivity contribution < 1.29 is 4.74 Å². The molecule has 5 heteroatoms. The Morgan fingerprint density at radius 2 is 2.11 bits per heavy atom. The molecule has 2 N–H and O–H groups in total. The van der Waals surface area contributed by atoms with E-state index >= 15 is 0 Å². The maximum atomic E-state index is 6.26. The normalized spacial score (nSPS) is 12.4.